The summed E-state index contributed by atoms with van der Waals surface area (Å²) in [5.41, 5.74) is 1.62. The zero-order chi connectivity index (χ0) is 20.1. The van der Waals surface area contributed by atoms with Crippen LogP contribution in [-0.2, 0) is 9.53 Å². The van der Waals surface area contributed by atoms with E-state index >= 15 is 0 Å². The van der Waals surface area contributed by atoms with Gasteiger partial charge in [0.05, 0.1) is 20.3 Å². The topological polar surface area (TPSA) is 60.0 Å². The second-order valence-electron chi connectivity index (χ2n) is 7.09. The molecule has 146 valence electrons. The Bertz CT molecular complexity index is 963. The number of nitrogens with one attached hydrogen (secondary N) is 1. The summed E-state index contributed by atoms with van der Waals surface area (Å²) in [6.45, 7) is 3.87. The SMILES string of the molecule is COC(=O)C1C2NC(=S)N(c3ccccc3C)C1(C)Oc1c(OC)cccc12. The molecule has 28 heavy (non-hydrogen) atoms. The zero-order valence-corrected chi connectivity index (χ0v) is 17.0. The van der Waals surface area contributed by atoms with Gasteiger partial charge in [-0.1, -0.05) is 30.3 Å². The maximum atomic E-state index is 12.9. The summed E-state index contributed by atoms with van der Waals surface area (Å²) in [5, 5.41) is 3.84. The van der Waals surface area contributed by atoms with E-state index in [-0.39, 0.29) is 12.0 Å². The van der Waals surface area contributed by atoms with Crippen LogP contribution >= 0.6 is 12.2 Å². The molecule has 0 aromatic heterocycles. The third-order valence-corrected chi connectivity index (χ3v) is 5.82. The summed E-state index contributed by atoms with van der Waals surface area (Å²) in [4.78, 5) is 14.7. The van der Waals surface area contributed by atoms with Gasteiger partial charge >= 0.3 is 5.97 Å². The highest BCUT2D eigenvalue weighted by Gasteiger charge is 2.60. The number of fused-ring (bicyclic) bond motifs is 4. The fourth-order valence-corrected chi connectivity index (χ4v) is 4.60. The summed E-state index contributed by atoms with van der Waals surface area (Å²) < 4.78 is 17.2. The lowest BCUT2D eigenvalue weighted by Crippen LogP contribution is -2.71. The Kier molecular flexibility index (Phi) is 4.42. The van der Waals surface area contributed by atoms with Gasteiger partial charge in [-0.05, 0) is 43.8 Å². The highest BCUT2D eigenvalue weighted by atomic mass is 32.1. The molecule has 2 aliphatic heterocycles. The van der Waals surface area contributed by atoms with Gasteiger partial charge in [-0.2, -0.15) is 0 Å². The van der Waals surface area contributed by atoms with Crippen molar-refractivity contribution in [2.45, 2.75) is 25.6 Å². The predicted molar refractivity (Wildman–Crippen MR) is 110 cm³/mol. The fraction of sp³-hybridized carbons (Fsp3) is 0.333. The summed E-state index contributed by atoms with van der Waals surface area (Å²) in [6, 6.07) is 13.1. The number of ether oxygens (including phenoxy) is 3. The number of anilines is 1. The minimum Gasteiger partial charge on any atom is -0.493 e. The lowest BCUT2D eigenvalue weighted by Gasteiger charge is -2.55. The maximum Gasteiger partial charge on any atom is 0.317 e. The highest BCUT2D eigenvalue weighted by molar-refractivity contribution is 7.80. The molecule has 1 saturated heterocycles. The average Bonchev–Trinajstić information content (AvgIpc) is 2.68. The molecule has 2 heterocycles. The van der Waals surface area contributed by atoms with Crippen LogP contribution in [-0.4, -0.2) is 31.0 Å². The van der Waals surface area contributed by atoms with Gasteiger partial charge in [0.25, 0.3) is 0 Å². The van der Waals surface area contributed by atoms with Gasteiger partial charge in [0, 0.05) is 11.3 Å². The number of hydrogen-bond donors (Lipinski definition) is 1. The quantitative estimate of drug-likeness (QED) is 0.629. The molecule has 2 aliphatic rings. The van der Waals surface area contributed by atoms with E-state index in [2.05, 4.69) is 5.32 Å². The first-order chi connectivity index (χ1) is 13.4. The Morgan fingerprint density at radius 2 is 1.96 bits per heavy atom. The van der Waals surface area contributed by atoms with Crippen molar-refractivity contribution in [3.63, 3.8) is 0 Å². The first-order valence-corrected chi connectivity index (χ1v) is 9.43. The van der Waals surface area contributed by atoms with Gasteiger partial charge in [0.15, 0.2) is 16.6 Å². The molecule has 0 radical (unpaired) electrons. The second-order valence-corrected chi connectivity index (χ2v) is 7.47. The number of para-hydroxylation sites is 2. The normalized spacial score (nSPS) is 25.3. The number of aryl methyl sites for hydroxylation is 1. The molecule has 3 unspecified atom stereocenters. The number of benzene rings is 2. The lowest BCUT2D eigenvalue weighted by molar-refractivity contribution is -0.157. The molecule has 7 heteroatoms. The van der Waals surface area contributed by atoms with Crippen LogP contribution in [0.1, 0.15) is 24.1 Å². The molecule has 2 aromatic rings. The van der Waals surface area contributed by atoms with Crippen molar-refractivity contribution in [3.05, 3.63) is 53.6 Å². The van der Waals surface area contributed by atoms with Crippen LogP contribution in [0.15, 0.2) is 42.5 Å². The van der Waals surface area contributed by atoms with Crippen LogP contribution in [0.5, 0.6) is 11.5 Å². The van der Waals surface area contributed by atoms with Crippen LogP contribution in [0.2, 0.25) is 0 Å². The number of carbonyl (C=O) groups is 1. The number of esters is 1. The van der Waals surface area contributed by atoms with Crippen LogP contribution in [0, 0.1) is 12.8 Å². The van der Waals surface area contributed by atoms with Crippen LogP contribution in [0.4, 0.5) is 5.69 Å². The van der Waals surface area contributed by atoms with Gasteiger partial charge in [-0.25, -0.2) is 0 Å². The molecular formula is C21H22N2O4S. The maximum absolute atomic E-state index is 12.9. The number of nitrogens with zero attached hydrogens (tertiary/aromatic N) is 1. The molecule has 3 atom stereocenters. The number of methoxy groups -OCH3 is 2. The van der Waals surface area contributed by atoms with Crippen LogP contribution in [0.25, 0.3) is 0 Å². The van der Waals surface area contributed by atoms with Gasteiger partial charge in [0.2, 0.25) is 5.72 Å². The van der Waals surface area contributed by atoms with Crippen molar-refractivity contribution in [2.75, 3.05) is 19.1 Å². The summed E-state index contributed by atoms with van der Waals surface area (Å²) in [7, 11) is 2.99. The van der Waals surface area contributed by atoms with E-state index in [0.717, 1.165) is 16.8 Å². The molecule has 6 nitrogen and oxygen atoms in total. The first-order valence-electron chi connectivity index (χ1n) is 9.02. The van der Waals surface area contributed by atoms with Crippen molar-refractivity contribution < 1.29 is 19.0 Å². The van der Waals surface area contributed by atoms with Crippen molar-refractivity contribution in [1.29, 1.82) is 0 Å². The second kappa shape index (κ2) is 6.67. The number of thiocarbonyl (C=S) groups is 1. The van der Waals surface area contributed by atoms with E-state index in [1.807, 2.05) is 61.2 Å². The minimum absolute atomic E-state index is 0.366. The fourth-order valence-electron chi connectivity index (χ4n) is 4.20. The average molecular weight is 398 g/mol. The van der Waals surface area contributed by atoms with E-state index in [9.17, 15) is 4.79 Å². The van der Waals surface area contributed by atoms with Gasteiger partial charge < -0.3 is 19.5 Å². The summed E-state index contributed by atoms with van der Waals surface area (Å²) in [5.74, 6) is 0.209. The van der Waals surface area contributed by atoms with E-state index in [4.69, 9.17) is 26.4 Å². The number of hydrogen-bond acceptors (Lipinski definition) is 5. The number of rotatable bonds is 3. The molecule has 0 aliphatic carbocycles. The van der Waals surface area contributed by atoms with Crippen molar-refractivity contribution in [2.24, 2.45) is 5.92 Å². The van der Waals surface area contributed by atoms with Gasteiger partial charge in [-0.15, -0.1) is 0 Å². The van der Waals surface area contributed by atoms with E-state index in [0.29, 0.717) is 16.6 Å². The molecule has 1 fully saturated rings. The molecule has 0 saturated carbocycles. The van der Waals surface area contributed by atoms with Crippen LogP contribution in [0.3, 0.4) is 0 Å². The van der Waals surface area contributed by atoms with Gasteiger partial charge in [0.1, 0.15) is 5.92 Å². The Labute approximate surface area is 169 Å². The molecule has 1 N–H and O–H groups in total. The lowest BCUT2D eigenvalue weighted by atomic mass is 9.79. The monoisotopic (exact) mass is 398 g/mol. The summed E-state index contributed by atoms with van der Waals surface area (Å²) in [6.07, 6.45) is 0. The first kappa shape index (κ1) is 18.6. The standard InChI is InChI=1S/C21H22N2O4S/c1-12-8-5-6-10-14(12)23-20(28)22-17-13-9-7-11-15(25-3)18(13)27-21(23,2)16(17)19(24)26-4/h5-11,16-17H,1-4H3,(H,22,28). The molecular weight excluding hydrogens is 376 g/mol. The van der Waals surface area contributed by atoms with E-state index in [1.165, 1.54) is 7.11 Å². The van der Waals surface area contributed by atoms with Gasteiger partial charge in [-0.3, -0.25) is 9.69 Å². The molecule has 0 spiro atoms. The third-order valence-electron chi connectivity index (χ3n) is 5.52. The summed E-state index contributed by atoms with van der Waals surface area (Å²) >= 11 is 5.71. The van der Waals surface area contributed by atoms with Crippen molar-refractivity contribution in [1.82, 2.24) is 5.32 Å². The molecule has 4 rings (SSSR count). The van der Waals surface area contributed by atoms with Crippen molar-refractivity contribution >= 4 is 29.0 Å². The third kappa shape index (κ3) is 2.53. The zero-order valence-electron chi connectivity index (χ0n) is 16.2. The number of carbonyl (C=O) groups excluding carboxylic acids is 1. The van der Waals surface area contributed by atoms with Crippen molar-refractivity contribution in [3.8, 4) is 11.5 Å². The molecule has 0 amide bonds. The Hall–Kier alpha value is -2.80. The predicted octanol–water partition coefficient (Wildman–Crippen LogP) is 3.34. The largest absolute Gasteiger partial charge is 0.493 e. The Balaban J connectivity index is 1.96. The van der Waals surface area contributed by atoms with E-state index < -0.39 is 11.6 Å². The Morgan fingerprint density at radius 3 is 2.64 bits per heavy atom. The smallest absolute Gasteiger partial charge is 0.317 e. The van der Waals surface area contributed by atoms with E-state index in [1.54, 1.807) is 7.11 Å². The Morgan fingerprint density at radius 1 is 1.21 bits per heavy atom. The minimum atomic E-state index is -1.09. The highest BCUT2D eigenvalue weighted by Crippen LogP contribution is 2.52. The molecule has 2 aromatic carbocycles. The van der Waals surface area contributed by atoms with Crippen LogP contribution < -0.4 is 19.7 Å². The molecule has 2 bridgehead atoms.